The van der Waals surface area contributed by atoms with Crippen LogP contribution in [0.4, 0.5) is 0 Å². The lowest BCUT2D eigenvalue weighted by molar-refractivity contribution is -0.118. The summed E-state index contributed by atoms with van der Waals surface area (Å²) in [6.45, 7) is 4.01. The fourth-order valence-corrected chi connectivity index (χ4v) is 1.60. The van der Waals surface area contributed by atoms with Gasteiger partial charge in [0, 0.05) is 25.0 Å². The molecular formula is C12H17N3O3. The normalized spacial score (nSPS) is 10.4. The molecule has 0 saturated heterocycles. The van der Waals surface area contributed by atoms with Gasteiger partial charge in [0.15, 0.2) is 5.43 Å². The molecule has 1 rings (SSSR count). The summed E-state index contributed by atoms with van der Waals surface area (Å²) in [5.74, 6) is -0.906. The summed E-state index contributed by atoms with van der Waals surface area (Å²) >= 11 is 0. The topological polar surface area (TPSA) is 96.3 Å². The van der Waals surface area contributed by atoms with Crippen LogP contribution in [0.1, 0.15) is 24.2 Å². The molecule has 1 heterocycles. The third-order valence-electron chi connectivity index (χ3n) is 2.27. The molecule has 0 saturated carbocycles. The Hall–Kier alpha value is -2.11. The van der Waals surface area contributed by atoms with Crippen LogP contribution in [-0.4, -0.2) is 34.8 Å². The average Bonchev–Trinajstić information content (AvgIpc) is 2.26. The lowest BCUT2D eigenvalue weighted by Crippen LogP contribution is -2.42. The van der Waals surface area contributed by atoms with Gasteiger partial charge in [0.05, 0.1) is 6.54 Å². The van der Waals surface area contributed by atoms with Crippen molar-refractivity contribution in [1.82, 2.24) is 9.88 Å². The van der Waals surface area contributed by atoms with E-state index in [2.05, 4.69) is 4.98 Å². The standard InChI is InChI=1S/C12H17N3O3/c1-8(2)6-15(7-11(13)17)12(18)9-5-14-4-3-10(9)16/h3-5,8H,6-7H2,1-2H3,(H2,13,17)(H,14,16). The van der Waals surface area contributed by atoms with Crippen molar-refractivity contribution in [3.05, 3.63) is 34.2 Å². The molecule has 0 aromatic carbocycles. The van der Waals surface area contributed by atoms with Crippen LogP contribution in [0.15, 0.2) is 23.3 Å². The minimum Gasteiger partial charge on any atom is -0.368 e. The summed E-state index contributed by atoms with van der Waals surface area (Å²) in [4.78, 5) is 38.6. The summed E-state index contributed by atoms with van der Waals surface area (Å²) in [5, 5.41) is 0. The highest BCUT2D eigenvalue weighted by molar-refractivity contribution is 5.95. The van der Waals surface area contributed by atoms with Crippen molar-refractivity contribution in [2.75, 3.05) is 13.1 Å². The van der Waals surface area contributed by atoms with E-state index in [0.29, 0.717) is 6.54 Å². The molecule has 0 spiro atoms. The van der Waals surface area contributed by atoms with E-state index >= 15 is 0 Å². The third-order valence-corrected chi connectivity index (χ3v) is 2.27. The highest BCUT2D eigenvalue weighted by atomic mass is 16.2. The minimum absolute atomic E-state index is 0.0133. The van der Waals surface area contributed by atoms with Crippen molar-refractivity contribution in [3.8, 4) is 0 Å². The first-order chi connectivity index (χ1) is 8.41. The molecule has 0 aliphatic heterocycles. The van der Waals surface area contributed by atoms with E-state index in [1.165, 1.54) is 23.4 Å². The number of hydrogen-bond acceptors (Lipinski definition) is 3. The Morgan fingerprint density at radius 3 is 2.61 bits per heavy atom. The molecule has 0 unspecified atom stereocenters. The number of H-pyrrole nitrogens is 1. The molecule has 0 atom stereocenters. The first kappa shape index (κ1) is 14.0. The minimum atomic E-state index is -0.601. The molecule has 1 aromatic rings. The molecule has 6 heteroatoms. The Kier molecular flexibility index (Phi) is 4.65. The molecular weight excluding hydrogens is 234 g/mol. The van der Waals surface area contributed by atoms with Crippen LogP contribution >= 0.6 is 0 Å². The van der Waals surface area contributed by atoms with Crippen LogP contribution in [0.3, 0.4) is 0 Å². The Labute approximate surface area is 105 Å². The summed E-state index contributed by atoms with van der Waals surface area (Å²) in [5.41, 5.74) is 4.74. The van der Waals surface area contributed by atoms with E-state index in [1.54, 1.807) is 0 Å². The second-order valence-corrected chi connectivity index (χ2v) is 4.47. The molecule has 6 nitrogen and oxygen atoms in total. The van der Waals surface area contributed by atoms with Crippen LogP contribution in [0.25, 0.3) is 0 Å². The zero-order chi connectivity index (χ0) is 13.7. The van der Waals surface area contributed by atoms with E-state index in [4.69, 9.17) is 5.73 Å². The van der Waals surface area contributed by atoms with E-state index in [1.807, 2.05) is 13.8 Å². The van der Waals surface area contributed by atoms with Gasteiger partial charge in [0.1, 0.15) is 5.56 Å². The Bertz CT molecular complexity index is 493. The number of aromatic nitrogens is 1. The fourth-order valence-electron chi connectivity index (χ4n) is 1.60. The SMILES string of the molecule is CC(C)CN(CC(N)=O)C(=O)c1c[nH]ccc1=O. The van der Waals surface area contributed by atoms with Gasteiger partial charge in [-0.05, 0) is 5.92 Å². The first-order valence-electron chi connectivity index (χ1n) is 5.66. The van der Waals surface area contributed by atoms with Gasteiger partial charge in [-0.2, -0.15) is 0 Å². The zero-order valence-electron chi connectivity index (χ0n) is 10.5. The number of hydrogen-bond donors (Lipinski definition) is 2. The monoisotopic (exact) mass is 251 g/mol. The van der Waals surface area contributed by atoms with Crippen LogP contribution in [-0.2, 0) is 4.79 Å². The van der Waals surface area contributed by atoms with Gasteiger partial charge in [-0.3, -0.25) is 14.4 Å². The van der Waals surface area contributed by atoms with E-state index in [-0.39, 0.29) is 23.5 Å². The van der Waals surface area contributed by atoms with Crippen molar-refractivity contribution in [2.45, 2.75) is 13.8 Å². The molecule has 0 radical (unpaired) electrons. The van der Waals surface area contributed by atoms with Gasteiger partial charge in [-0.25, -0.2) is 0 Å². The van der Waals surface area contributed by atoms with Crippen molar-refractivity contribution in [1.29, 1.82) is 0 Å². The van der Waals surface area contributed by atoms with Gasteiger partial charge in [-0.15, -0.1) is 0 Å². The number of amides is 2. The molecule has 3 N–H and O–H groups in total. The lowest BCUT2D eigenvalue weighted by Gasteiger charge is -2.22. The van der Waals surface area contributed by atoms with Crippen molar-refractivity contribution < 1.29 is 9.59 Å². The summed E-state index contributed by atoms with van der Waals surface area (Å²) in [7, 11) is 0. The lowest BCUT2D eigenvalue weighted by atomic mass is 10.1. The Balaban J connectivity index is 2.98. The first-order valence-corrected chi connectivity index (χ1v) is 5.66. The highest BCUT2D eigenvalue weighted by Crippen LogP contribution is 2.03. The molecule has 2 amide bonds. The van der Waals surface area contributed by atoms with Crippen molar-refractivity contribution in [2.24, 2.45) is 11.7 Å². The van der Waals surface area contributed by atoms with E-state index < -0.39 is 11.8 Å². The number of aromatic amines is 1. The number of carbonyl (C=O) groups is 2. The summed E-state index contributed by atoms with van der Waals surface area (Å²) in [6, 6.07) is 1.27. The molecule has 0 fully saturated rings. The molecule has 0 aliphatic rings. The number of pyridine rings is 1. The number of nitrogens with one attached hydrogen (secondary N) is 1. The van der Waals surface area contributed by atoms with Crippen molar-refractivity contribution in [3.63, 3.8) is 0 Å². The number of nitrogens with zero attached hydrogens (tertiary/aromatic N) is 1. The largest absolute Gasteiger partial charge is 0.368 e. The number of primary amides is 1. The maximum Gasteiger partial charge on any atom is 0.259 e. The maximum atomic E-state index is 12.1. The van der Waals surface area contributed by atoms with Gasteiger partial charge in [-0.1, -0.05) is 13.8 Å². The van der Waals surface area contributed by atoms with E-state index in [0.717, 1.165) is 0 Å². The van der Waals surface area contributed by atoms with Crippen LogP contribution in [0.5, 0.6) is 0 Å². The summed E-state index contributed by atoms with van der Waals surface area (Å²) < 4.78 is 0. The van der Waals surface area contributed by atoms with Gasteiger partial charge in [0.2, 0.25) is 5.91 Å². The Morgan fingerprint density at radius 1 is 1.44 bits per heavy atom. The van der Waals surface area contributed by atoms with Crippen LogP contribution < -0.4 is 11.2 Å². The van der Waals surface area contributed by atoms with Gasteiger partial charge >= 0.3 is 0 Å². The number of rotatable bonds is 5. The highest BCUT2D eigenvalue weighted by Gasteiger charge is 2.20. The quantitative estimate of drug-likeness (QED) is 0.768. The smallest absolute Gasteiger partial charge is 0.259 e. The molecule has 0 aliphatic carbocycles. The van der Waals surface area contributed by atoms with Crippen molar-refractivity contribution >= 4 is 11.8 Å². The summed E-state index contributed by atoms with van der Waals surface area (Å²) in [6.07, 6.45) is 2.78. The molecule has 18 heavy (non-hydrogen) atoms. The van der Waals surface area contributed by atoms with Gasteiger partial charge in [0.25, 0.3) is 5.91 Å². The average molecular weight is 251 g/mol. The maximum absolute atomic E-state index is 12.1. The molecule has 0 bridgehead atoms. The second kappa shape index (κ2) is 6.00. The second-order valence-electron chi connectivity index (χ2n) is 4.47. The zero-order valence-corrected chi connectivity index (χ0v) is 10.5. The van der Waals surface area contributed by atoms with E-state index in [9.17, 15) is 14.4 Å². The molecule has 98 valence electrons. The third kappa shape index (κ3) is 3.73. The number of carbonyl (C=O) groups excluding carboxylic acids is 2. The van der Waals surface area contributed by atoms with Gasteiger partial charge < -0.3 is 15.6 Å². The predicted octanol–water partition coefficient (Wildman–Crippen LogP) is -0.0416. The molecule has 1 aromatic heterocycles. The predicted molar refractivity (Wildman–Crippen MR) is 67.0 cm³/mol. The fraction of sp³-hybridized carbons (Fsp3) is 0.417. The van der Waals surface area contributed by atoms with Crippen LogP contribution in [0.2, 0.25) is 0 Å². The number of nitrogens with two attached hydrogens (primary N) is 1. The van der Waals surface area contributed by atoms with Crippen LogP contribution in [0, 0.1) is 5.92 Å². The Morgan fingerprint density at radius 2 is 2.11 bits per heavy atom.